The highest BCUT2D eigenvalue weighted by Crippen LogP contribution is 2.48. The third-order valence-electron chi connectivity index (χ3n) is 4.58. The fourth-order valence-electron chi connectivity index (χ4n) is 3.47. The fourth-order valence-corrected chi connectivity index (χ4v) is 5.07. The molecule has 0 bridgehead atoms. The number of allylic oxidation sites excluding steroid dienone is 2. The Morgan fingerprint density at radius 1 is 0.895 bits per heavy atom. The summed E-state index contributed by atoms with van der Waals surface area (Å²) in [5.41, 5.74) is 0.190. The summed E-state index contributed by atoms with van der Waals surface area (Å²) in [5.74, 6) is 0. The summed E-state index contributed by atoms with van der Waals surface area (Å²) < 4.78 is 25.2. The normalized spacial score (nSPS) is 22.4. The van der Waals surface area contributed by atoms with Crippen molar-refractivity contribution in [3.8, 4) is 0 Å². The Balaban J connectivity index is 1.93. The molecular formula is C16H20O2S. The van der Waals surface area contributed by atoms with Crippen molar-refractivity contribution < 1.29 is 8.42 Å². The van der Waals surface area contributed by atoms with E-state index in [4.69, 9.17) is 0 Å². The zero-order chi connectivity index (χ0) is 13.3. The van der Waals surface area contributed by atoms with Crippen LogP contribution in [0.5, 0.6) is 0 Å². The van der Waals surface area contributed by atoms with Gasteiger partial charge in [0.15, 0.2) is 0 Å². The van der Waals surface area contributed by atoms with Crippen LogP contribution in [0.2, 0.25) is 0 Å². The average Bonchev–Trinajstić information content (AvgIpc) is 2.85. The maximum absolute atomic E-state index is 12.6. The number of benzene rings is 1. The quantitative estimate of drug-likeness (QED) is 0.815. The van der Waals surface area contributed by atoms with E-state index in [1.165, 1.54) is 32.1 Å². The van der Waals surface area contributed by atoms with Gasteiger partial charge in [0.2, 0.25) is 9.84 Å². The van der Waals surface area contributed by atoms with Crippen molar-refractivity contribution in [2.24, 2.45) is 5.41 Å². The molecule has 0 aliphatic heterocycles. The Morgan fingerprint density at radius 3 is 2.26 bits per heavy atom. The minimum Gasteiger partial charge on any atom is -0.219 e. The minimum atomic E-state index is -3.25. The van der Waals surface area contributed by atoms with Gasteiger partial charge in [0.1, 0.15) is 0 Å². The lowest BCUT2D eigenvalue weighted by atomic mass is 9.74. The maximum atomic E-state index is 12.6. The second-order valence-corrected chi connectivity index (χ2v) is 7.85. The van der Waals surface area contributed by atoms with Crippen molar-refractivity contribution in [1.82, 2.24) is 0 Å². The van der Waals surface area contributed by atoms with Crippen molar-refractivity contribution in [3.63, 3.8) is 0 Å². The molecule has 0 unspecified atom stereocenters. The molecule has 1 spiro atoms. The molecule has 1 aromatic rings. The van der Waals surface area contributed by atoms with Gasteiger partial charge >= 0.3 is 0 Å². The molecule has 1 fully saturated rings. The van der Waals surface area contributed by atoms with Crippen LogP contribution in [0.25, 0.3) is 0 Å². The predicted octanol–water partition coefficient (Wildman–Crippen LogP) is 4.09. The molecule has 0 saturated heterocycles. The number of hydrogen-bond acceptors (Lipinski definition) is 2. The van der Waals surface area contributed by atoms with Gasteiger partial charge in [-0.3, -0.25) is 0 Å². The summed E-state index contributed by atoms with van der Waals surface area (Å²) in [5, 5.41) is 0. The molecule has 0 radical (unpaired) electrons. The van der Waals surface area contributed by atoms with E-state index in [9.17, 15) is 8.42 Å². The monoisotopic (exact) mass is 276 g/mol. The van der Waals surface area contributed by atoms with Crippen molar-refractivity contribution in [2.75, 3.05) is 0 Å². The molecule has 0 heterocycles. The van der Waals surface area contributed by atoms with E-state index in [1.54, 1.807) is 24.3 Å². The van der Waals surface area contributed by atoms with Crippen molar-refractivity contribution in [3.05, 3.63) is 41.3 Å². The second-order valence-electron chi connectivity index (χ2n) is 5.85. The minimum absolute atomic E-state index is 0.190. The van der Waals surface area contributed by atoms with Crippen molar-refractivity contribution in [2.45, 2.75) is 49.8 Å². The van der Waals surface area contributed by atoms with Gasteiger partial charge in [-0.2, -0.15) is 0 Å². The first kappa shape index (κ1) is 12.9. The molecule has 0 N–H and O–H groups in total. The lowest BCUT2D eigenvalue weighted by molar-refractivity contribution is 0.254. The van der Waals surface area contributed by atoms with Gasteiger partial charge in [-0.1, -0.05) is 43.5 Å². The lowest BCUT2D eigenvalue weighted by Crippen LogP contribution is -2.18. The lowest BCUT2D eigenvalue weighted by Gasteiger charge is -2.31. The SMILES string of the molecule is O=S(=O)(C1=CC2(CCCCC2)CC1)c1ccccc1. The fraction of sp³-hybridized carbons (Fsp3) is 0.500. The first-order valence-corrected chi connectivity index (χ1v) is 8.63. The smallest absolute Gasteiger partial charge is 0.202 e. The number of sulfone groups is 1. The van der Waals surface area contributed by atoms with Gasteiger partial charge in [0.25, 0.3) is 0 Å². The van der Waals surface area contributed by atoms with Gasteiger partial charge in [-0.25, -0.2) is 8.42 Å². The average molecular weight is 276 g/mol. The first-order chi connectivity index (χ1) is 9.12. The van der Waals surface area contributed by atoms with Crippen LogP contribution < -0.4 is 0 Å². The summed E-state index contributed by atoms with van der Waals surface area (Å²) in [7, 11) is -3.25. The molecule has 0 aromatic heterocycles. The molecule has 102 valence electrons. The summed E-state index contributed by atoms with van der Waals surface area (Å²) in [6, 6.07) is 8.83. The maximum Gasteiger partial charge on any atom is 0.202 e. The highest BCUT2D eigenvalue weighted by Gasteiger charge is 2.38. The van der Waals surface area contributed by atoms with Gasteiger partial charge in [0, 0.05) is 4.91 Å². The Labute approximate surface area is 115 Å². The van der Waals surface area contributed by atoms with Crippen molar-refractivity contribution >= 4 is 9.84 Å². The van der Waals surface area contributed by atoms with E-state index in [1.807, 2.05) is 6.07 Å². The zero-order valence-corrected chi connectivity index (χ0v) is 12.0. The van der Waals surface area contributed by atoms with Crippen LogP contribution in [-0.2, 0) is 9.84 Å². The first-order valence-electron chi connectivity index (χ1n) is 7.14. The van der Waals surface area contributed by atoms with Crippen LogP contribution in [-0.4, -0.2) is 8.42 Å². The van der Waals surface area contributed by atoms with Crippen LogP contribution in [0.4, 0.5) is 0 Å². The third kappa shape index (κ3) is 2.36. The largest absolute Gasteiger partial charge is 0.219 e. The molecular weight excluding hydrogens is 256 g/mol. The topological polar surface area (TPSA) is 34.1 Å². The highest BCUT2D eigenvalue weighted by atomic mass is 32.2. The molecule has 1 aromatic carbocycles. The van der Waals surface area contributed by atoms with Crippen LogP contribution in [0.15, 0.2) is 46.2 Å². The Bertz CT molecular complexity index is 578. The van der Waals surface area contributed by atoms with Gasteiger partial charge in [-0.15, -0.1) is 0 Å². The molecule has 3 rings (SSSR count). The highest BCUT2D eigenvalue weighted by molar-refractivity contribution is 7.95. The van der Waals surface area contributed by atoms with E-state index < -0.39 is 9.84 Å². The van der Waals surface area contributed by atoms with E-state index in [0.29, 0.717) is 9.80 Å². The number of rotatable bonds is 2. The Hall–Kier alpha value is -1.09. The summed E-state index contributed by atoms with van der Waals surface area (Å²) in [4.78, 5) is 1.09. The number of hydrogen-bond donors (Lipinski definition) is 0. The van der Waals surface area contributed by atoms with Crippen LogP contribution >= 0.6 is 0 Å². The summed E-state index contributed by atoms with van der Waals surface area (Å²) >= 11 is 0. The van der Waals surface area contributed by atoms with E-state index in [-0.39, 0.29) is 5.41 Å². The molecule has 3 heteroatoms. The molecule has 19 heavy (non-hydrogen) atoms. The molecule has 2 aliphatic carbocycles. The zero-order valence-electron chi connectivity index (χ0n) is 11.1. The molecule has 2 aliphatic rings. The Kier molecular flexibility index (Phi) is 3.25. The molecule has 0 atom stereocenters. The van der Waals surface area contributed by atoms with Crippen LogP contribution in [0.1, 0.15) is 44.9 Å². The van der Waals surface area contributed by atoms with Crippen molar-refractivity contribution in [1.29, 1.82) is 0 Å². The third-order valence-corrected chi connectivity index (χ3v) is 6.49. The summed E-state index contributed by atoms with van der Waals surface area (Å²) in [6.07, 6.45) is 9.96. The van der Waals surface area contributed by atoms with Gasteiger partial charge < -0.3 is 0 Å². The molecule has 1 saturated carbocycles. The van der Waals surface area contributed by atoms with Gasteiger partial charge in [-0.05, 0) is 43.2 Å². The van der Waals surface area contributed by atoms with E-state index >= 15 is 0 Å². The van der Waals surface area contributed by atoms with E-state index in [0.717, 1.165) is 12.8 Å². The molecule has 2 nitrogen and oxygen atoms in total. The second kappa shape index (κ2) is 4.78. The standard InChI is InChI=1S/C16H20O2S/c17-19(18,14-7-3-1-4-8-14)15-9-12-16(13-15)10-5-2-6-11-16/h1,3-4,7-8,13H,2,5-6,9-12H2. The summed E-state index contributed by atoms with van der Waals surface area (Å²) in [6.45, 7) is 0. The van der Waals surface area contributed by atoms with Crippen LogP contribution in [0.3, 0.4) is 0 Å². The Morgan fingerprint density at radius 2 is 1.58 bits per heavy atom. The molecule has 0 amide bonds. The van der Waals surface area contributed by atoms with Gasteiger partial charge in [0.05, 0.1) is 4.90 Å². The van der Waals surface area contributed by atoms with E-state index in [2.05, 4.69) is 6.08 Å². The van der Waals surface area contributed by atoms with Crippen LogP contribution in [0, 0.1) is 5.41 Å². The predicted molar refractivity (Wildman–Crippen MR) is 76.5 cm³/mol.